The normalized spacial score (nSPS) is 11.6. The summed E-state index contributed by atoms with van der Waals surface area (Å²) in [6, 6.07) is 22.4. The van der Waals surface area contributed by atoms with E-state index in [1.54, 1.807) is 4.90 Å². The molecule has 0 bridgehead atoms. The van der Waals surface area contributed by atoms with Gasteiger partial charge in [-0.15, -0.1) is 22.7 Å². The fraction of sp³-hybridized carbons (Fsp3) is 0.219. The van der Waals surface area contributed by atoms with Crippen molar-refractivity contribution in [2.45, 2.75) is 31.6 Å². The van der Waals surface area contributed by atoms with Crippen LogP contribution in [0.5, 0.6) is 0 Å². The molecule has 0 fully saturated rings. The molecule has 0 saturated carbocycles. The van der Waals surface area contributed by atoms with Crippen LogP contribution in [0.2, 0.25) is 0 Å². The van der Waals surface area contributed by atoms with Gasteiger partial charge in [0, 0.05) is 52.7 Å². The van der Waals surface area contributed by atoms with E-state index in [0.717, 1.165) is 38.2 Å². The number of aromatic nitrogens is 3. The van der Waals surface area contributed by atoms with E-state index in [9.17, 15) is 9.59 Å². The number of benzene rings is 2. The number of nitrogens with zero attached hydrogens (tertiary/aromatic N) is 5. The summed E-state index contributed by atoms with van der Waals surface area (Å²) < 4.78 is 0. The number of hydrogen-bond acceptors (Lipinski definition) is 9. The first-order chi connectivity index (χ1) is 20.8. The molecule has 1 unspecified atom stereocenters. The van der Waals surface area contributed by atoms with Gasteiger partial charge in [-0.3, -0.25) is 9.59 Å². The summed E-state index contributed by atoms with van der Waals surface area (Å²) in [5.74, 6) is -0.423. The van der Waals surface area contributed by atoms with Crippen LogP contribution in [-0.4, -0.2) is 51.5 Å². The molecule has 0 aliphatic carbocycles. The van der Waals surface area contributed by atoms with Gasteiger partial charge in [-0.05, 0) is 55.6 Å². The van der Waals surface area contributed by atoms with E-state index in [-0.39, 0.29) is 24.1 Å². The molecule has 43 heavy (non-hydrogen) atoms. The van der Waals surface area contributed by atoms with Crippen LogP contribution < -0.4 is 10.2 Å². The molecule has 3 heterocycles. The first kappa shape index (κ1) is 30.4. The Kier molecular flexibility index (Phi) is 9.86. The van der Waals surface area contributed by atoms with Crippen LogP contribution in [0.4, 0.5) is 11.4 Å². The first-order valence-corrected chi connectivity index (χ1v) is 16.4. The topological polar surface area (TPSA) is 91.3 Å². The van der Waals surface area contributed by atoms with Gasteiger partial charge in [0.05, 0.1) is 18.0 Å². The van der Waals surface area contributed by atoms with Crippen LogP contribution in [0.3, 0.4) is 0 Å². The molecular formula is C32H32N6O2S3. The van der Waals surface area contributed by atoms with Crippen LogP contribution in [0.25, 0.3) is 11.3 Å². The second kappa shape index (κ2) is 13.9. The number of thiophene rings is 1. The minimum atomic E-state index is -0.856. The summed E-state index contributed by atoms with van der Waals surface area (Å²) in [7, 11) is 3.93. The second-order valence-electron chi connectivity index (χ2n) is 10.1. The standard InChI is InChI=1S/C32H32N6O2S3/c1-21-17-22(2)34-32(33-21)43-20-29(39)38(18-28-36-26(19-42-28)23-9-6-5-7-10-23)30(27-11-8-16-41-27)31(40)35-24-12-14-25(15-13-24)37(3)4/h5-17,19,30H,18,20H2,1-4H3,(H,35,40). The molecule has 0 aliphatic heterocycles. The van der Waals surface area contributed by atoms with Crippen molar-refractivity contribution < 1.29 is 9.59 Å². The number of aryl methyl sites for hydroxylation is 2. The molecule has 2 aromatic carbocycles. The van der Waals surface area contributed by atoms with Crippen LogP contribution in [0.1, 0.15) is 27.3 Å². The van der Waals surface area contributed by atoms with Gasteiger partial charge in [0.2, 0.25) is 5.91 Å². The molecule has 11 heteroatoms. The van der Waals surface area contributed by atoms with E-state index in [0.29, 0.717) is 10.8 Å². The van der Waals surface area contributed by atoms with Gasteiger partial charge in [-0.25, -0.2) is 15.0 Å². The van der Waals surface area contributed by atoms with Crippen molar-refractivity contribution in [1.82, 2.24) is 19.9 Å². The van der Waals surface area contributed by atoms with Crippen molar-refractivity contribution >= 4 is 57.6 Å². The van der Waals surface area contributed by atoms with Crippen LogP contribution in [0.15, 0.2) is 88.7 Å². The van der Waals surface area contributed by atoms with Gasteiger partial charge < -0.3 is 15.1 Å². The smallest absolute Gasteiger partial charge is 0.252 e. The van der Waals surface area contributed by atoms with Crippen LogP contribution >= 0.6 is 34.4 Å². The summed E-state index contributed by atoms with van der Waals surface area (Å²) >= 11 is 4.19. The summed E-state index contributed by atoms with van der Waals surface area (Å²) in [6.07, 6.45) is 0. The second-order valence-corrected chi connectivity index (χ2v) is 12.9. The summed E-state index contributed by atoms with van der Waals surface area (Å²) in [5.41, 5.74) is 5.19. The highest BCUT2D eigenvalue weighted by Crippen LogP contribution is 2.32. The van der Waals surface area contributed by atoms with Crippen molar-refractivity contribution in [1.29, 1.82) is 0 Å². The third kappa shape index (κ3) is 7.86. The number of hydrogen-bond donors (Lipinski definition) is 1. The number of carbonyl (C=O) groups excluding carboxylic acids is 2. The zero-order chi connectivity index (χ0) is 30.3. The van der Waals surface area contributed by atoms with Gasteiger partial charge in [0.1, 0.15) is 11.0 Å². The molecule has 1 atom stereocenters. The number of nitrogens with one attached hydrogen (secondary N) is 1. The average molecular weight is 629 g/mol. The lowest BCUT2D eigenvalue weighted by atomic mass is 10.1. The Morgan fingerprint density at radius 3 is 2.28 bits per heavy atom. The van der Waals surface area contributed by atoms with E-state index in [1.165, 1.54) is 34.4 Å². The maximum Gasteiger partial charge on any atom is 0.252 e. The van der Waals surface area contributed by atoms with E-state index in [2.05, 4.69) is 15.3 Å². The van der Waals surface area contributed by atoms with Gasteiger partial charge in [0.15, 0.2) is 5.16 Å². The largest absolute Gasteiger partial charge is 0.378 e. The number of anilines is 2. The van der Waals surface area contributed by atoms with Gasteiger partial charge in [0.25, 0.3) is 5.91 Å². The fourth-order valence-electron chi connectivity index (χ4n) is 4.49. The lowest BCUT2D eigenvalue weighted by Crippen LogP contribution is -2.41. The highest BCUT2D eigenvalue weighted by atomic mass is 32.2. The molecular weight excluding hydrogens is 597 g/mol. The molecule has 0 spiro atoms. The predicted molar refractivity (Wildman–Crippen MR) is 177 cm³/mol. The minimum absolute atomic E-state index is 0.0759. The zero-order valence-corrected chi connectivity index (χ0v) is 26.8. The van der Waals surface area contributed by atoms with E-state index in [1.807, 2.05) is 116 Å². The van der Waals surface area contributed by atoms with Crippen molar-refractivity contribution in [3.8, 4) is 11.3 Å². The summed E-state index contributed by atoms with van der Waals surface area (Å²) in [5, 5.41) is 8.22. The molecule has 2 amide bonds. The molecule has 0 radical (unpaired) electrons. The molecule has 5 aromatic rings. The average Bonchev–Trinajstić information content (AvgIpc) is 3.69. The number of thiazole rings is 1. The summed E-state index contributed by atoms with van der Waals surface area (Å²) in [6.45, 7) is 3.99. The summed E-state index contributed by atoms with van der Waals surface area (Å²) in [4.78, 5) is 46.2. The molecule has 3 aromatic heterocycles. The zero-order valence-electron chi connectivity index (χ0n) is 24.4. The third-order valence-electron chi connectivity index (χ3n) is 6.56. The molecule has 8 nitrogen and oxygen atoms in total. The highest BCUT2D eigenvalue weighted by Gasteiger charge is 2.33. The fourth-order valence-corrected chi connectivity index (χ4v) is 6.96. The minimum Gasteiger partial charge on any atom is -0.378 e. The number of carbonyl (C=O) groups is 2. The number of amides is 2. The van der Waals surface area contributed by atoms with Crippen molar-refractivity contribution in [2.24, 2.45) is 0 Å². The van der Waals surface area contributed by atoms with Crippen molar-refractivity contribution in [3.05, 3.63) is 105 Å². The van der Waals surface area contributed by atoms with Gasteiger partial charge in [-0.2, -0.15) is 0 Å². The predicted octanol–water partition coefficient (Wildman–Crippen LogP) is 6.85. The Morgan fingerprint density at radius 1 is 0.907 bits per heavy atom. The molecule has 0 aliphatic rings. The number of rotatable bonds is 11. The third-order valence-corrected chi connectivity index (χ3v) is 9.15. The van der Waals surface area contributed by atoms with Gasteiger partial charge in [-0.1, -0.05) is 48.2 Å². The molecule has 5 rings (SSSR count). The SMILES string of the molecule is Cc1cc(C)nc(SCC(=O)N(Cc2nc(-c3ccccc3)cs2)C(C(=O)Nc2ccc(N(C)C)cc2)c2cccs2)n1. The Balaban J connectivity index is 1.45. The Labute approximate surface area is 263 Å². The van der Waals surface area contributed by atoms with E-state index >= 15 is 0 Å². The Morgan fingerprint density at radius 2 is 1.63 bits per heavy atom. The molecule has 220 valence electrons. The monoisotopic (exact) mass is 628 g/mol. The quantitative estimate of drug-likeness (QED) is 0.126. The van der Waals surface area contributed by atoms with Crippen LogP contribution in [0, 0.1) is 13.8 Å². The molecule has 1 N–H and O–H groups in total. The van der Waals surface area contributed by atoms with Gasteiger partial charge >= 0.3 is 0 Å². The lowest BCUT2D eigenvalue weighted by molar-refractivity contribution is -0.137. The maximum atomic E-state index is 14.0. The Bertz CT molecular complexity index is 1650. The van der Waals surface area contributed by atoms with E-state index in [4.69, 9.17) is 4.98 Å². The van der Waals surface area contributed by atoms with Crippen molar-refractivity contribution in [2.75, 3.05) is 30.1 Å². The lowest BCUT2D eigenvalue weighted by Gasteiger charge is -2.30. The van der Waals surface area contributed by atoms with Crippen molar-refractivity contribution in [3.63, 3.8) is 0 Å². The van der Waals surface area contributed by atoms with Crippen LogP contribution in [-0.2, 0) is 16.1 Å². The first-order valence-electron chi connectivity index (χ1n) is 13.6. The Hall–Kier alpha value is -4.06. The molecule has 0 saturated heterocycles. The number of thioether (sulfide) groups is 1. The van der Waals surface area contributed by atoms with E-state index < -0.39 is 6.04 Å². The maximum absolute atomic E-state index is 14.0. The highest BCUT2D eigenvalue weighted by molar-refractivity contribution is 7.99.